The summed E-state index contributed by atoms with van der Waals surface area (Å²) in [4.78, 5) is 15.0. The minimum absolute atomic E-state index is 0.102. The Morgan fingerprint density at radius 1 is 1.27 bits per heavy atom. The molecule has 2 aromatic rings. The van der Waals surface area contributed by atoms with Crippen LogP contribution in [0.15, 0.2) is 36.4 Å². The molecule has 3 N–H and O–H groups in total. The van der Waals surface area contributed by atoms with E-state index in [4.69, 9.17) is 26.8 Å². The van der Waals surface area contributed by atoms with Gasteiger partial charge in [-0.1, -0.05) is 11.6 Å². The maximum atomic E-state index is 12.9. The number of methoxy groups -OCH3 is 1. The van der Waals surface area contributed by atoms with Crippen molar-refractivity contribution in [3.8, 4) is 11.5 Å². The lowest BCUT2D eigenvalue weighted by atomic mass is 10.0. The lowest BCUT2D eigenvalue weighted by Gasteiger charge is -2.32. The van der Waals surface area contributed by atoms with E-state index in [0.29, 0.717) is 34.4 Å². The second-order valence-corrected chi connectivity index (χ2v) is 7.73. The summed E-state index contributed by atoms with van der Waals surface area (Å²) in [5, 5.41) is 3.40. The lowest BCUT2D eigenvalue weighted by Crippen LogP contribution is -2.45. The molecule has 3 rings (SSSR count). The number of amides is 1. The first kappa shape index (κ1) is 22.2. The Labute approximate surface area is 181 Å². The molecule has 1 amide bonds. The number of carbonyl (C=O) groups excluding carboxylic acids is 1. The van der Waals surface area contributed by atoms with Gasteiger partial charge < -0.3 is 25.4 Å². The van der Waals surface area contributed by atoms with E-state index in [-0.39, 0.29) is 17.8 Å². The standard InChI is InChI=1S/C22H27ClFN3O3/c1-29-21-14-20(25)19(23)13-18(21)22(28)26-16-7-10-27(11-8-16)9-2-12-30-17-5-3-15(24)4-6-17/h3-6,13-14,16H,2,7-12,25H2,1H3,(H,26,28). The summed E-state index contributed by atoms with van der Waals surface area (Å²) < 4.78 is 23.8. The topological polar surface area (TPSA) is 76.8 Å². The summed E-state index contributed by atoms with van der Waals surface area (Å²) in [7, 11) is 1.50. The number of ether oxygens (including phenoxy) is 2. The lowest BCUT2D eigenvalue weighted by molar-refractivity contribution is 0.0906. The molecule has 0 saturated carbocycles. The maximum absolute atomic E-state index is 12.9. The zero-order valence-corrected chi connectivity index (χ0v) is 17.8. The van der Waals surface area contributed by atoms with E-state index in [1.807, 2.05) is 0 Å². The van der Waals surface area contributed by atoms with E-state index in [1.165, 1.54) is 19.2 Å². The highest BCUT2D eigenvalue weighted by atomic mass is 35.5. The second kappa shape index (κ2) is 10.5. The average Bonchev–Trinajstić information content (AvgIpc) is 2.75. The van der Waals surface area contributed by atoms with E-state index in [2.05, 4.69) is 10.2 Å². The number of piperidine rings is 1. The van der Waals surface area contributed by atoms with Crippen molar-refractivity contribution in [1.82, 2.24) is 10.2 Å². The van der Waals surface area contributed by atoms with E-state index in [9.17, 15) is 9.18 Å². The zero-order valence-electron chi connectivity index (χ0n) is 17.0. The van der Waals surface area contributed by atoms with Gasteiger partial charge in [-0.15, -0.1) is 0 Å². The molecule has 0 aliphatic carbocycles. The predicted molar refractivity (Wildman–Crippen MR) is 116 cm³/mol. The molecule has 1 saturated heterocycles. The Bertz CT molecular complexity index is 855. The molecule has 0 atom stereocenters. The number of nitrogen functional groups attached to an aromatic ring is 1. The molecule has 0 radical (unpaired) electrons. The second-order valence-electron chi connectivity index (χ2n) is 7.32. The molecule has 162 valence electrons. The van der Waals surface area contributed by atoms with Crippen molar-refractivity contribution < 1.29 is 18.7 Å². The van der Waals surface area contributed by atoms with E-state index < -0.39 is 0 Å². The van der Waals surface area contributed by atoms with Crippen LogP contribution in [0.5, 0.6) is 11.5 Å². The molecule has 0 spiro atoms. The number of nitrogens with one attached hydrogen (secondary N) is 1. The van der Waals surface area contributed by atoms with Gasteiger partial charge in [0.2, 0.25) is 0 Å². The fourth-order valence-electron chi connectivity index (χ4n) is 3.49. The highest BCUT2D eigenvalue weighted by Crippen LogP contribution is 2.29. The first-order valence-electron chi connectivity index (χ1n) is 10.0. The van der Waals surface area contributed by atoms with Crippen LogP contribution in [0.3, 0.4) is 0 Å². The summed E-state index contributed by atoms with van der Waals surface area (Å²) in [5.41, 5.74) is 6.54. The highest BCUT2D eigenvalue weighted by molar-refractivity contribution is 6.33. The molecule has 0 bridgehead atoms. The van der Waals surface area contributed by atoms with E-state index >= 15 is 0 Å². The van der Waals surface area contributed by atoms with Crippen LogP contribution in [-0.2, 0) is 0 Å². The van der Waals surface area contributed by atoms with Crippen LogP contribution in [0, 0.1) is 5.82 Å². The van der Waals surface area contributed by atoms with Crippen LogP contribution in [0.4, 0.5) is 10.1 Å². The molecule has 1 aliphatic heterocycles. The van der Waals surface area contributed by atoms with Gasteiger partial charge in [-0.25, -0.2) is 4.39 Å². The fourth-order valence-corrected chi connectivity index (χ4v) is 3.65. The monoisotopic (exact) mass is 435 g/mol. The molecule has 1 aliphatic rings. The quantitative estimate of drug-likeness (QED) is 0.488. The van der Waals surface area contributed by atoms with Crippen LogP contribution in [-0.4, -0.2) is 50.2 Å². The van der Waals surface area contributed by atoms with Gasteiger partial charge in [0.1, 0.15) is 17.3 Å². The maximum Gasteiger partial charge on any atom is 0.255 e. The predicted octanol–water partition coefficient (Wildman–Crippen LogP) is 3.73. The number of nitrogens with two attached hydrogens (primary N) is 1. The molecule has 2 aromatic carbocycles. The zero-order chi connectivity index (χ0) is 21.5. The number of nitrogens with zero attached hydrogens (tertiary/aromatic N) is 1. The molecular weight excluding hydrogens is 409 g/mol. The third kappa shape index (κ3) is 6.00. The Balaban J connectivity index is 1.39. The SMILES string of the molecule is COc1cc(N)c(Cl)cc1C(=O)NC1CCN(CCCOc2ccc(F)cc2)CC1. The van der Waals surface area contributed by atoms with Crippen molar-refractivity contribution in [2.75, 3.05) is 39.1 Å². The number of benzene rings is 2. The Morgan fingerprint density at radius 3 is 2.63 bits per heavy atom. The Hall–Kier alpha value is -2.51. The number of carbonyl (C=O) groups is 1. The molecular formula is C22H27ClFN3O3. The normalized spacial score (nSPS) is 15.0. The van der Waals surface area contributed by atoms with Gasteiger partial charge in [0.05, 0.1) is 30.0 Å². The van der Waals surface area contributed by atoms with Gasteiger partial charge in [0.15, 0.2) is 0 Å². The number of hydrogen-bond acceptors (Lipinski definition) is 5. The van der Waals surface area contributed by atoms with Gasteiger partial charge in [-0.3, -0.25) is 4.79 Å². The van der Waals surface area contributed by atoms with Crippen LogP contribution < -0.4 is 20.5 Å². The van der Waals surface area contributed by atoms with Crippen molar-refractivity contribution >= 4 is 23.2 Å². The summed E-state index contributed by atoms with van der Waals surface area (Å²) in [6.07, 6.45) is 2.63. The Morgan fingerprint density at radius 2 is 1.97 bits per heavy atom. The first-order chi connectivity index (χ1) is 14.5. The van der Waals surface area contributed by atoms with Gasteiger partial charge >= 0.3 is 0 Å². The Kier molecular flexibility index (Phi) is 7.76. The first-order valence-corrected chi connectivity index (χ1v) is 10.4. The van der Waals surface area contributed by atoms with Crippen LogP contribution in [0.1, 0.15) is 29.6 Å². The van der Waals surface area contributed by atoms with Crippen molar-refractivity contribution in [2.24, 2.45) is 0 Å². The number of rotatable bonds is 8. The summed E-state index contributed by atoms with van der Waals surface area (Å²) >= 11 is 6.06. The fraction of sp³-hybridized carbons (Fsp3) is 0.409. The van der Waals surface area contributed by atoms with Crippen LogP contribution in [0.25, 0.3) is 0 Å². The molecule has 0 aromatic heterocycles. The van der Waals surface area contributed by atoms with Gasteiger partial charge in [0.25, 0.3) is 5.91 Å². The number of halogens is 2. The number of likely N-dealkylation sites (tertiary alicyclic amines) is 1. The van der Waals surface area contributed by atoms with Crippen LogP contribution in [0.2, 0.25) is 5.02 Å². The molecule has 1 fully saturated rings. The molecule has 8 heteroatoms. The third-order valence-electron chi connectivity index (χ3n) is 5.19. The summed E-state index contributed by atoms with van der Waals surface area (Å²) in [5.74, 6) is 0.610. The van der Waals surface area contributed by atoms with Crippen molar-refractivity contribution in [3.05, 3.63) is 52.8 Å². The van der Waals surface area contributed by atoms with Crippen molar-refractivity contribution in [1.29, 1.82) is 0 Å². The summed E-state index contributed by atoms with van der Waals surface area (Å²) in [6.45, 7) is 3.31. The minimum atomic E-state index is -0.268. The van der Waals surface area contributed by atoms with Crippen molar-refractivity contribution in [2.45, 2.75) is 25.3 Å². The molecule has 6 nitrogen and oxygen atoms in total. The highest BCUT2D eigenvalue weighted by Gasteiger charge is 2.23. The van der Waals surface area contributed by atoms with Crippen molar-refractivity contribution in [3.63, 3.8) is 0 Å². The molecule has 30 heavy (non-hydrogen) atoms. The summed E-state index contributed by atoms with van der Waals surface area (Å²) in [6, 6.07) is 9.25. The smallest absolute Gasteiger partial charge is 0.255 e. The molecule has 1 heterocycles. The van der Waals surface area contributed by atoms with Gasteiger partial charge in [0, 0.05) is 31.7 Å². The largest absolute Gasteiger partial charge is 0.496 e. The van der Waals surface area contributed by atoms with E-state index in [1.54, 1.807) is 24.3 Å². The van der Waals surface area contributed by atoms with E-state index in [0.717, 1.165) is 38.9 Å². The third-order valence-corrected chi connectivity index (χ3v) is 5.51. The number of hydrogen-bond donors (Lipinski definition) is 2. The van der Waals surface area contributed by atoms with Gasteiger partial charge in [-0.05, 0) is 49.6 Å². The average molecular weight is 436 g/mol. The minimum Gasteiger partial charge on any atom is -0.496 e. The number of anilines is 1. The van der Waals surface area contributed by atoms with Crippen LogP contribution >= 0.6 is 11.6 Å². The molecule has 0 unspecified atom stereocenters. The van der Waals surface area contributed by atoms with Gasteiger partial charge in [-0.2, -0.15) is 0 Å².